The fourth-order valence-electron chi connectivity index (χ4n) is 2.27. The van der Waals surface area contributed by atoms with E-state index in [2.05, 4.69) is 52.4 Å². The fraction of sp³-hybridized carbons (Fsp3) is 0.818. The molecule has 0 aromatic carbocycles. The van der Waals surface area contributed by atoms with Gasteiger partial charge in [0.15, 0.2) is 0 Å². The summed E-state index contributed by atoms with van der Waals surface area (Å²) in [5.41, 5.74) is 0. The molecule has 0 aliphatic carbocycles. The molecule has 0 aromatic heterocycles. The highest BCUT2D eigenvalue weighted by Crippen LogP contribution is 2.09. The third kappa shape index (κ3) is 31.6. The maximum atomic E-state index is 4.69. The maximum absolute atomic E-state index is 4.69. The Morgan fingerprint density at radius 2 is 1.00 bits per heavy atom. The molecule has 0 amide bonds. The highest BCUT2D eigenvalue weighted by molar-refractivity contribution is 4.81. The van der Waals surface area contributed by atoms with Gasteiger partial charge in [0.2, 0.25) is 0 Å². The van der Waals surface area contributed by atoms with Gasteiger partial charge in [0.1, 0.15) is 13.6 Å². The van der Waals surface area contributed by atoms with E-state index in [-0.39, 0.29) is 0 Å². The van der Waals surface area contributed by atoms with Gasteiger partial charge in [-0.15, -0.1) is 0 Å². The number of hydrogen-bond acceptors (Lipinski definition) is 3. The van der Waals surface area contributed by atoms with Gasteiger partial charge >= 0.3 is 0 Å². The van der Waals surface area contributed by atoms with Crippen LogP contribution in [0.2, 0.25) is 0 Å². The summed E-state index contributed by atoms with van der Waals surface area (Å²) in [6.07, 6.45) is 25.5. The van der Waals surface area contributed by atoms with Gasteiger partial charge in [-0.2, -0.15) is 0 Å². The van der Waals surface area contributed by atoms with Crippen LogP contribution in [-0.2, 0) is 14.2 Å². The molecular formula is C22H44O3. The minimum Gasteiger partial charge on any atom is -0.359 e. The van der Waals surface area contributed by atoms with E-state index in [0.717, 1.165) is 0 Å². The molecule has 150 valence electrons. The molecular weight excluding hydrogens is 312 g/mol. The monoisotopic (exact) mass is 356 g/mol. The van der Waals surface area contributed by atoms with E-state index < -0.39 is 0 Å². The van der Waals surface area contributed by atoms with Crippen LogP contribution in [0.3, 0.4) is 0 Å². The van der Waals surface area contributed by atoms with Gasteiger partial charge in [-0.05, 0) is 38.5 Å². The molecule has 0 rings (SSSR count). The van der Waals surface area contributed by atoms with Gasteiger partial charge < -0.3 is 14.2 Å². The Morgan fingerprint density at radius 3 is 1.44 bits per heavy atom. The summed E-state index contributed by atoms with van der Waals surface area (Å²) in [6.45, 7) is 5.06. The van der Waals surface area contributed by atoms with Crippen molar-refractivity contribution in [2.75, 3.05) is 27.8 Å². The van der Waals surface area contributed by atoms with E-state index in [1.807, 2.05) is 0 Å². The fourth-order valence-corrected chi connectivity index (χ4v) is 2.27. The van der Waals surface area contributed by atoms with Crippen LogP contribution in [0.25, 0.3) is 0 Å². The van der Waals surface area contributed by atoms with Gasteiger partial charge in [0.05, 0.1) is 0 Å². The second-order valence-electron chi connectivity index (χ2n) is 6.21. The van der Waals surface area contributed by atoms with Crippen molar-refractivity contribution < 1.29 is 14.2 Å². The molecule has 0 radical (unpaired) electrons. The highest BCUT2D eigenvalue weighted by atomic mass is 16.7. The van der Waals surface area contributed by atoms with E-state index in [4.69, 9.17) is 0 Å². The highest BCUT2D eigenvalue weighted by Gasteiger charge is 1.90. The molecule has 0 aromatic rings. The summed E-state index contributed by atoms with van der Waals surface area (Å²) < 4.78 is 13.8. The van der Waals surface area contributed by atoms with E-state index >= 15 is 0 Å². The average Bonchev–Trinajstić information content (AvgIpc) is 2.63. The number of rotatable bonds is 17. The molecule has 0 fully saturated rings. The quantitative estimate of drug-likeness (QED) is 0.159. The lowest BCUT2D eigenvalue weighted by Gasteiger charge is -1.99. The number of ether oxygens (including phenoxy) is 3. The standard InChI is InChI=1S/C18H34.C4H10O3/c1-3-5-7-9-11-13-15-17-18-16-14-12-10-8-6-4-2;1-5-3-7-4-6-2/h5,7,10,12H,3-4,6,8-9,11,13-18H2,1-2H3;3-4H2,1-2H3/b7-5-,12-10-;. The lowest BCUT2D eigenvalue weighted by Crippen LogP contribution is -1.98. The summed E-state index contributed by atoms with van der Waals surface area (Å²) in [5, 5.41) is 0. The molecule has 0 saturated carbocycles. The van der Waals surface area contributed by atoms with Crippen LogP contribution >= 0.6 is 0 Å². The van der Waals surface area contributed by atoms with Gasteiger partial charge in [-0.3, -0.25) is 0 Å². The van der Waals surface area contributed by atoms with Crippen molar-refractivity contribution in [3.8, 4) is 0 Å². The van der Waals surface area contributed by atoms with Crippen LogP contribution in [0.15, 0.2) is 24.3 Å². The lowest BCUT2D eigenvalue weighted by atomic mass is 10.1. The van der Waals surface area contributed by atoms with Crippen molar-refractivity contribution >= 4 is 0 Å². The molecule has 0 N–H and O–H groups in total. The zero-order valence-corrected chi connectivity index (χ0v) is 17.4. The molecule has 0 atom stereocenters. The Balaban J connectivity index is 0. The van der Waals surface area contributed by atoms with Crippen LogP contribution in [0.4, 0.5) is 0 Å². The Hall–Kier alpha value is -0.640. The molecule has 0 bridgehead atoms. The van der Waals surface area contributed by atoms with Crippen LogP contribution in [-0.4, -0.2) is 27.8 Å². The molecule has 0 heterocycles. The number of methoxy groups -OCH3 is 2. The largest absolute Gasteiger partial charge is 0.359 e. The molecule has 25 heavy (non-hydrogen) atoms. The molecule has 0 aliphatic rings. The van der Waals surface area contributed by atoms with E-state index in [1.165, 1.54) is 77.0 Å². The minimum atomic E-state index is 0.299. The van der Waals surface area contributed by atoms with E-state index in [1.54, 1.807) is 14.2 Å². The van der Waals surface area contributed by atoms with Crippen molar-refractivity contribution in [1.29, 1.82) is 0 Å². The first kappa shape index (κ1) is 26.6. The van der Waals surface area contributed by atoms with Gasteiger partial charge in [-0.25, -0.2) is 0 Å². The predicted molar refractivity (Wildman–Crippen MR) is 110 cm³/mol. The Morgan fingerprint density at radius 1 is 0.560 bits per heavy atom. The van der Waals surface area contributed by atoms with Crippen molar-refractivity contribution in [2.45, 2.75) is 90.9 Å². The Kier molecular flexibility index (Phi) is 30.0. The molecule has 3 heteroatoms. The Bertz CT molecular complexity index is 258. The predicted octanol–water partition coefficient (Wildman–Crippen LogP) is 7.03. The summed E-state index contributed by atoms with van der Waals surface area (Å²) in [6, 6.07) is 0. The first-order chi connectivity index (χ1) is 12.3. The molecule has 0 aliphatic heterocycles. The molecule has 0 saturated heterocycles. The third-order valence-electron chi connectivity index (χ3n) is 3.69. The van der Waals surface area contributed by atoms with Gasteiger partial charge in [0.25, 0.3) is 0 Å². The van der Waals surface area contributed by atoms with Crippen molar-refractivity contribution in [1.82, 2.24) is 0 Å². The van der Waals surface area contributed by atoms with Gasteiger partial charge in [0, 0.05) is 14.2 Å². The van der Waals surface area contributed by atoms with Crippen molar-refractivity contribution in [2.24, 2.45) is 0 Å². The molecule has 0 spiro atoms. The van der Waals surface area contributed by atoms with Crippen LogP contribution < -0.4 is 0 Å². The number of hydrogen-bond donors (Lipinski definition) is 0. The van der Waals surface area contributed by atoms with Crippen LogP contribution in [0.1, 0.15) is 90.9 Å². The number of unbranched alkanes of at least 4 members (excludes halogenated alkanes) is 9. The zero-order chi connectivity index (χ0) is 18.8. The first-order valence-electron chi connectivity index (χ1n) is 10.2. The summed E-state index contributed by atoms with van der Waals surface area (Å²) >= 11 is 0. The Labute approximate surface area is 157 Å². The van der Waals surface area contributed by atoms with Crippen LogP contribution in [0.5, 0.6) is 0 Å². The SMILES string of the molecule is CC/C=C\CCCCCCCC/C=C\CCCC.COCOCOC. The topological polar surface area (TPSA) is 27.7 Å². The smallest absolute Gasteiger partial charge is 0.149 e. The first-order valence-corrected chi connectivity index (χ1v) is 10.2. The number of allylic oxidation sites excluding steroid dienone is 4. The van der Waals surface area contributed by atoms with Crippen molar-refractivity contribution in [3.63, 3.8) is 0 Å². The van der Waals surface area contributed by atoms with Crippen LogP contribution in [0, 0.1) is 0 Å². The summed E-state index contributed by atoms with van der Waals surface area (Å²) in [4.78, 5) is 0. The summed E-state index contributed by atoms with van der Waals surface area (Å²) in [5.74, 6) is 0. The van der Waals surface area contributed by atoms with E-state index in [0.29, 0.717) is 13.6 Å². The van der Waals surface area contributed by atoms with Gasteiger partial charge in [-0.1, -0.05) is 76.7 Å². The molecule has 0 unspecified atom stereocenters. The van der Waals surface area contributed by atoms with E-state index in [9.17, 15) is 0 Å². The second kappa shape index (κ2) is 28.2. The second-order valence-corrected chi connectivity index (χ2v) is 6.21. The normalized spacial score (nSPS) is 11.2. The summed E-state index contributed by atoms with van der Waals surface area (Å²) in [7, 11) is 3.13. The lowest BCUT2D eigenvalue weighted by molar-refractivity contribution is -0.107. The minimum absolute atomic E-state index is 0.299. The maximum Gasteiger partial charge on any atom is 0.149 e. The average molecular weight is 357 g/mol. The van der Waals surface area contributed by atoms with Crippen molar-refractivity contribution in [3.05, 3.63) is 24.3 Å². The third-order valence-corrected chi connectivity index (χ3v) is 3.69. The zero-order valence-electron chi connectivity index (χ0n) is 17.4. The molecule has 3 nitrogen and oxygen atoms in total.